The van der Waals surface area contributed by atoms with Crippen LogP contribution in [0.3, 0.4) is 0 Å². The first-order valence-corrected chi connectivity index (χ1v) is 8.22. The van der Waals surface area contributed by atoms with Crippen LogP contribution in [-0.4, -0.2) is 6.54 Å². The number of alkyl halides is 3. The molecule has 1 aliphatic rings. The van der Waals surface area contributed by atoms with Crippen molar-refractivity contribution >= 4 is 11.4 Å². The number of rotatable bonds is 3. The van der Waals surface area contributed by atoms with E-state index in [9.17, 15) is 13.2 Å². The van der Waals surface area contributed by atoms with Gasteiger partial charge in [-0.15, -0.1) is 0 Å². The zero-order chi connectivity index (χ0) is 19.4. The molecule has 0 unspecified atom stereocenters. The third-order valence-corrected chi connectivity index (χ3v) is 4.41. The van der Waals surface area contributed by atoms with Crippen molar-refractivity contribution in [3.05, 3.63) is 70.9 Å². The highest BCUT2D eigenvalue weighted by molar-refractivity contribution is 5.73. The largest absolute Gasteiger partial charge is 0.416 e. The SMILES string of the molecule is N#CC(C#N)=CNc1cc(C(F)(F)F)ccc1N1CCc2ccccc2C1. The van der Waals surface area contributed by atoms with Gasteiger partial charge >= 0.3 is 6.18 Å². The van der Waals surface area contributed by atoms with Gasteiger partial charge in [-0.1, -0.05) is 24.3 Å². The number of hydrogen-bond acceptors (Lipinski definition) is 4. The molecule has 1 aliphatic heterocycles. The monoisotopic (exact) mass is 368 g/mol. The van der Waals surface area contributed by atoms with Gasteiger partial charge < -0.3 is 10.2 Å². The summed E-state index contributed by atoms with van der Waals surface area (Å²) in [5.41, 5.74) is 2.12. The van der Waals surface area contributed by atoms with E-state index in [4.69, 9.17) is 10.5 Å². The van der Waals surface area contributed by atoms with Crippen molar-refractivity contribution in [2.75, 3.05) is 16.8 Å². The summed E-state index contributed by atoms with van der Waals surface area (Å²) in [6, 6.07) is 14.8. The summed E-state index contributed by atoms with van der Waals surface area (Å²) in [6.07, 6.45) is -2.58. The Hall–Kier alpha value is -3.45. The van der Waals surface area contributed by atoms with Crippen LogP contribution in [0.4, 0.5) is 24.5 Å². The van der Waals surface area contributed by atoms with E-state index < -0.39 is 11.7 Å². The third-order valence-electron chi connectivity index (χ3n) is 4.41. The average Bonchev–Trinajstić information content (AvgIpc) is 2.67. The fourth-order valence-electron chi connectivity index (χ4n) is 3.04. The number of fused-ring (bicyclic) bond motifs is 1. The Bertz CT molecular complexity index is 948. The first-order valence-electron chi connectivity index (χ1n) is 8.22. The zero-order valence-electron chi connectivity index (χ0n) is 14.2. The molecule has 0 fully saturated rings. The smallest absolute Gasteiger partial charge is 0.365 e. The lowest BCUT2D eigenvalue weighted by molar-refractivity contribution is -0.137. The van der Waals surface area contributed by atoms with Crippen molar-refractivity contribution < 1.29 is 13.2 Å². The van der Waals surface area contributed by atoms with E-state index in [0.29, 0.717) is 18.8 Å². The quantitative estimate of drug-likeness (QED) is 0.804. The van der Waals surface area contributed by atoms with Gasteiger partial charge in [0.15, 0.2) is 0 Å². The van der Waals surface area contributed by atoms with Gasteiger partial charge in [0, 0.05) is 19.3 Å². The van der Waals surface area contributed by atoms with Gasteiger partial charge in [0.05, 0.1) is 16.9 Å². The minimum absolute atomic E-state index is 0.201. The molecular formula is C20H15F3N4. The minimum atomic E-state index is -4.49. The number of nitriles is 2. The van der Waals surface area contributed by atoms with E-state index in [1.165, 1.54) is 11.6 Å². The van der Waals surface area contributed by atoms with Crippen LogP contribution in [0.1, 0.15) is 16.7 Å². The maximum atomic E-state index is 13.1. The van der Waals surface area contributed by atoms with Gasteiger partial charge in [0.25, 0.3) is 0 Å². The molecule has 0 saturated heterocycles. The lowest BCUT2D eigenvalue weighted by Gasteiger charge is -2.32. The highest BCUT2D eigenvalue weighted by Gasteiger charge is 2.31. The summed E-state index contributed by atoms with van der Waals surface area (Å²) in [7, 11) is 0. The highest BCUT2D eigenvalue weighted by atomic mass is 19.4. The van der Waals surface area contributed by atoms with Crippen LogP contribution in [0, 0.1) is 22.7 Å². The minimum Gasteiger partial charge on any atom is -0.365 e. The van der Waals surface area contributed by atoms with E-state index in [1.54, 1.807) is 12.1 Å². The first kappa shape index (κ1) is 18.3. The van der Waals surface area contributed by atoms with Gasteiger partial charge in [-0.25, -0.2) is 0 Å². The number of halogens is 3. The summed E-state index contributed by atoms with van der Waals surface area (Å²) in [5, 5.41) is 20.4. The number of benzene rings is 2. The molecule has 1 heterocycles. The van der Waals surface area contributed by atoms with Crippen LogP contribution < -0.4 is 10.2 Å². The molecule has 4 nitrogen and oxygen atoms in total. The normalized spacial score (nSPS) is 13.1. The van der Waals surface area contributed by atoms with Crippen LogP contribution in [-0.2, 0) is 19.1 Å². The molecule has 136 valence electrons. The molecule has 0 amide bonds. The van der Waals surface area contributed by atoms with Crippen LogP contribution in [0.2, 0.25) is 0 Å². The van der Waals surface area contributed by atoms with Crippen molar-refractivity contribution in [1.82, 2.24) is 0 Å². The van der Waals surface area contributed by atoms with Crippen molar-refractivity contribution in [2.24, 2.45) is 0 Å². The Morgan fingerprint density at radius 3 is 2.44 bits per heavy atom. The van der Waals surface area contributed by atoms with E-state index in [-0.39, 0.29) is 11.3 Å². The Labute approximate surface area is 154 Å². The topological polar surface area (TPSA) is 62.9 Å². The Kier molecular flexibility index (Phi) is 5.05. The predicted molar refractivity (Wildman–Crippen MR) is 95.6 cm³/mol. The van der Waals surface area contributed by atoms with Crippen LogP contribution in [0.15, 0.2) is 54.2 Å². The van der Waals surface area contributed by atoms with E-state index in [0.717, 1.165) is 30.3 Å². The molecule has 0 bridgehead atoms. The third kappa shape index (κ3) is 4.04. The number of anilines is 2. The molecule has 1 N–H and O–H groups in total. The van der Waals surface area contributed by atoms with Crippen molar-refractivity contribution in [3.63, 3.8) is 0 Å². The zero-order valence-corrected chi connectivity index (χ0v) is 14.2. The maximum absolute atomic E-state index is 13.1. The predicted octanol–water partition coefficient (Wildman–Crippen LogP) is 4.61. The van der Waals surface area contributed by atoms with Crippen molar-refractivity contribution in [1.29, 1.82) is 10.5 Å². The number of allylic oxidation sites excluding steroid dienone is 1. The van der Waals surface area contributed by atoms with Crippen molar-refractivity contribution in [2.45, 2.75) is 19.1 Å². The second-order valence-corrected chi connectivity index (χ2v) is 6.10. The Morgan fingerprint density at radius 1 is 1.07 bits per heavy atom. The molecule has 2 aromatic carbocycles. The molecule has 2 aromatic rings. The lowest BCUT2D eigenvalue weighted by atomic mass is 9.99. The summed E-state index contributed by atoms with van der Waals surface area (Å²) in [6.45, 7) is 1.23. The van der Waals surface area contributed by atoms with E-state index >= 15 is 0 Å². The van der Waals surface area contributed by atoms with E-state index in [1.807, 2.05) is 29.2 Å². The molecule has 3 rings (SSSR count). The number of nitrogens with zero attached hydrogens (tertiary/aromatic N) is 3. The second-order valence-electron chi connectivity index (χ2n) is 6.10. The Balaban J connectivity index is 1.98. The van der Waals surface area contributed by atoms with Gasteiger partial charge in [-0.3, -0.25) is 0 Å². The van der Waals surface area contributed by atoms with Gasteiger partial charge in [0.1, 0.15) is 17.7 Å². The summed E-state index contributed by atoms with van der Waals surface area (Å²) < 4.78 is 39.3. The first-order chi connectivity index (χ1) is 12.9. The lowest BCUT2D eigenvalue weighted by Crippen LogP contribution is -2.30. The number of nitrogens with one attached hydrogen (secondary N) is 1. The van der Waals surface area contributed by atoms with E-state index in [2.05, 4.69) is 5.32 Å². The molecule has 0 spiro atoms. The van der Waals surface area contributed by atoms with Gasteiger partial charge in [0.2, 0.25) is 0 Å². The molecule has 0 atom stereocenters. The summed E-state index contributed by atoms with van der Waals surface area (Å²) >= 11 is 0. The average molecular weight is 368 g/mol. The molecule has 7 heteroatoms. The standard InChI is InChI=1S/C20H15F3N4/c21-20(22,23)17-5-6-19(18(9-17)26-12-14(10-24)11-25)27-8-7-15-3-1-2-4-16(15)13-27/h1-6,9,12,26H,7-8,13H2. The van der Waals surface area contributed by atoms with Crippen LogP contribution in [0.5, 0.6) is 0 Å². The fraction of sp³-hybridized carbons (Fsp3) is 0.200. The molecular weight excluding hydrogens is 353 g/mol. The molecule has 27 heavy (non-hydrogen) atoms. The molecule has 0 aromatic heterocycles. The molecule has 0 saturated carbocycles. The maximum Gasteiger partial charge on any atom is 0.416 e. The highest BCUT2D eigenvalue weighted by Crippen LogP contribution is 2.37. The molecule has 0 aliphatic carbocycles. The van der Waals surface area contributed by atoms with Gasteiger partial charge in [-0.2, -0.15) is 23.7 Å². The summed E-state index contributed by atoms with van der Waals surface area (Å²) in [4.78, 5) is 1.98. The second kappa shape index (κ2) is 7.43. The van der Waals surface area contributed by atoms with Crippen molar-refractivity contribution in [3.8, 4) is 12.1 Å². The fourth-order valence-corrected chi connectivity index (χ4v) is 3.04. The summed E-state index contributed by atoms with van der Waals surface area (Å²) in [5.74, 6) is 0. The Morgan fingerprint density at radius 2 is 1.78 bits per heavy atom. The van der Waals surface area contributed by atoms with Gasteiger partial charge in [-0.05, 0) is 35.7 Å². The number of hydrogen-bond donors (Lipinski definition) is 1. The van der Waals surface area contributed by atoms with Crippen LogP contribution >= 0.6 is 0 Å². The molecule has 0 radical (unpaired) electrons. The van der Waals surface area contributed by atoms with Crippen LogP contribution in [0.25, 0.3) is 0 Å².